The molecule has 0 amide bonds. The van der Waals surface area contributed by atoms with Crippen LogP contribution in [0.1, 0.15) is 24.0 Å². The van der Waals surface area contributed by atoms with Gasteiger partial charge in [0.05, 0.1) is 0 Å². The van der Waals surface area contributed by atoms with Crippen LogP contribution in [-0.2, 0) is 12.8 Å². The van der Waals surface area contributed by atoms with E-state index in [1.165, 1.54) is 40.4 Å². The molecule has 2 rings (SSSR count). The van der Waals surface area contributed by atoms with Crippen molar-refractivity contribution in [3.63, 3.8) is 0 Å². The molecule has 0 nitrogen and oxygen atoms in total. The van der Waals surface area contributed by atoms with Crippen molar-refractivity contribution in [1.82, 2.24) is 0 Å². The SMILES string of the molecule is Ic1cccc(CCCCc2ccccc2)c1. The van der Waals surface area contributed by atoms with E-state index >= 15 is 0 Å². The molecule has 0 radical (unpaired) electrons. The van der Waals surface area contributed by atoms with E-state index in [0.29, 0.717) is 0 Å². The molecule has 0 heterocycles. The Morgan fingerprint density at radius 3 is 2.06 bits per heavy atom. The lowest BCUT2D eigenvalue weighted by atomic mass is 10.0. The molecule has 1 heteroatoms. The molecular weight excluding hydrogens is 319 g/mol. The molecule has 2 aromatic carbocycles. The topological polar surface area (TPSA) is 0 Å². The fourth-order valence-corrected chi connectivity index (χ4v) is 2.60. The predicted molar refractivity (Wildman–Crippen MR) is 82.2 cm³/mol. The summed E-state index contributed by atoms with van der Waals surface area (Å²) in [6.45, 7) is 0. The van der Waals surface area contributed by atoms with Crippen LogP contribution in [0.5, 0.6) is 0 Å². The molecule has 0 aliphatic carbocycles. The van der Waals surface area contributed by atoms with E-state index in [4.69, 9.17) is 0 Å². The minimum Gasteiger partial charge on any atom is -0.0622 e. The molecule has 0 saturated carbocycles. The van der Waals surface area contributed by atoms with Crippen LogP contribution in [0.25, 0.3) is 0 Å². The minimum atomic E-state index is 1.20. The van der Waals surface area contributed by atoms with Crippen molar-refractivity contribution in [2.24, 2.45) is 0 Å². The number of hydrogen-bond donors (Lipinski definition) is 0. The quantitative estimate of drug-likeness (QED) is 0.540. The van der Waals surface area contributed by atoms with Gasteiger partial charge in [0, 0.05) is 3.57 Å². The van der Waals surface area contributed by atoms with Gasteiger partial charge < -0.3 is 0 Å². The molecule has 0 saturated heterocycles. The molecule has 0 N–H and O–H groups in total. The molecule has 88 valence electrons. The summed E-state index contributed by atoms with van der Waals surface area (Å²) in [4.78, 5) is 0. The van der Waals surface area contributed by atoms with Crippen LogP contribution in [0, 0.1) is 3.57 Å². The van der Waals surface area contributed by atoms with Crippen LogP contribution in [0.4, 0.5) is 0 Å². The van der Waals surface area contributed by atoms with Gasteiger partial charge in [0.15, 0.2) is 0 Å². The van der Waals surface area contributed by atoms with Crippen molar-refractivity contribution in [1.29, 1.82) is 0 Å². The van der Waals surface area contributed by atoms with Gasteiger partial charge in [-0.15, -0.1) is 0 Å². The molecule has 2 aromatic rings. The third-order valence-corrected chi connectivity index (χ3v) is 3.58. The second kappa shape index (κ2) is 6.80. The molecule has 0 fully saturated rings. The summed E-state index contributed by atoms with van der Waals surface area (Å²) in [6, 6.07) is 19.5. The van der Waals surface area contributed by atoms with Gasteiger partial charge in [0.2, 0.25) is 0 Å². The monoisotopic (exact) mass is 336 g/mol. The van der Waals surface area contributed by atoms with Crippen molar-refractivity contribution < 1.29 is 0 Å². The summed E-state index contributed by atoms with van der Waals surface area (Å²) < 4.78 is 1.34. The Hall–Kier alpha value is -0.830. The number of rotatable bonds is 5. The van der Waals surface area contributed by atoms with Crippen molar-refractivity contribution in [3.05, 3.63) is 69.3 Å². The average Bonchev–Trinajstić information content (AvgIpc) is 2.36. The zero-order valence-corrected chi connectivity index (χ0v) is 12.1. The van der Waals surface area contributed by atoms with Gasteiger partial charge in [0.1, 0.15) is 0 Å². The zero-order chi connectivity index (χ0) is 11.9. The second-order valence-electron chi connectivity index (χ2n) is 4.32. The first kappa shape index (κ1) is 12.6. The molecule has 0 unspecified atom stereocenters. The lowest BCUT2D eigenvalue weighted by Crippen LogP contribution is -1.89. The summed E-state index contributed by atoms with van der Waals surface area (Å²) in [5.74, 6) is 0. The van der Waals surface area contributed by atoms with Crippen molar-refractivity contribution in [3.8, 4) is 0 Å². The first-order valence-corrected chi connectivity index (χ1v) is 7.21. The van der Waals surface area contributed by atoms with E-state index in [0.717, 1.165) is 0 Å². The predicted octanol–water partition coefficient (Wildman–Crippen LogP) is 4.86. The minimum absolute atomic E-state index is 1.20. The van der Waals surface area contributed by atoms with E-state index < -0.39 is 0 Å². The first-order valence-electron chi connectivity index (χ1n) is 6.13. The average molecular weight is 336 g/mol. The fourth-order valence-electron chi connectivity index (χ4n) is 2.00. The van der Waals surface area contributed by atoms with E-state index in [1.807, 2.05) is 0 Å². The molecule has 0 aromatic heterocycles. The summed E-state index contributed by atoms with van der Waals surface area (Å²) in [7, 11) is 0. The van der Waals surface area contributed by atoms with Crippen LogP contribution >= 0.6 is 22.6 Å². The highest BCUT2D eigenvalue weighted by Crippen LogP contribution is 2.12. The van der Waals surface area contributed by atoms with E-state index in [1.54, 1.807) is 0 Å². The molecule has 0 aliphatic heterocycles. The number of aryl methyl sites for hydroxylation is 2. The van der Waals surface area contributed by atoms with E-state index in [-0.39, 0.29) is 0 Å². The molecule has 0 atom stereocenters. The summed E-state index contributed by atoms with van der Waals surface area (Å²) in [5.41, 5.74) is 2.92. The normalized spacial score (nSPS) is 10.4. The highest BCUT2D eigenvalue weighted by Gasteiger charge is 1.96. The van der Waals surface area contributed by atoms with Gasteiger partial charge in [0.25, 0.3) is 0 Å². The van der Waals surface area contributed by atoms with Gasteiger partial charge in [-0.1, -0.05) is 42.5 Å². The largest absolute Gasteiger partial charge is 0.0622 e. The van der Waals surface area contributed by atoms with Gasteiger partial charge in [-0.25, -0.2) is 0 Å². The maximum absolute atomic E-state index is 2.38. The highest BCUT2D eigenvalue weighted by atomic mass is 127. The lowest BCUT2D eigenvalue weighted by Gasteiger charge is -2.03. The maximum Gasteiger partial charge on any atom is 0.0133 e. The summed E-state index contributed by atoms with van der Waals surface area (Å²) >= 11 is 2.38. The van der Waals surface area contributed by atoms with Crippen molar-refractivity contribution >= 4 is 22.6 Å². The van der Waals surface area contributed by atoms with Crippen LogP contribution in [0.2, 0.25) is 0 Å². The van der Waals surface area contributed by atoms with Gasteiger partial charge in [-0.2, -0.15) is 0 Å². The molecule has 17 heavy (non-hydrogen) atoms. The third kappa shape index (κ3) is 4.50. The van der Waals surface area contributed by atoms with Crippen LogP contribution in [0.15, 0.2) is 54.6 Å². The Labute approximate surface area is 117 Å². The van der Waals surface area contributed by atoms with E-state index in [9.17, 15) is 0 Å². The number of benzene rings is 2. The Balaban J connectivity index is 1.73. The second-order valence-corrected chi connectivity index (χ2v) is 5.57. The first-order chi connectivity index (χ1) is 8.34. The van der Waals surface area contributed by atoms with Crippen LogP contribution in [0.3, 0.4) is 0 Å². The lowest BCUT2D eigenvalue weighted by molar-refractivity contribution is 0.734. The van der Waals surface area contributed by atoms with Gasteiger partial charge in [-0.3, -0.25) is 0 Å². The maximum atomic E-state index is 2.38. The van der Waals surface area contributed by atoms with Crippen molar-refractivity contribution in [2.75, 3.05) is 0 Å². The Bertz CT molecular complexity index is 448. The number of hydrogen-bond acceptors (Lipinski definition) is 0. The standard InChI is InChI=1S/C16H17I/c17-16-12-6-11-15(13-16)10-5-4-9-14-7-2-1-3-8-14/h1-3,6-8,11-13H,4-5,9-10H2. The smallest absolute Gasteiger partial charge is 0.0133 e. The Morgan fingerprint density at radius 1 is 0.706 bits per heavy atom. The van der Waals surface area contributed by atoms with Crippen LogP contribution in [-0.4, -0.2) is 0 Å². The van der Waals surface area contributed by atoms with Gasteiger partial charge >= 0.3 is 0 Å². The summed E-state index contributed by atoms with van der Waals surface area (Å²) in [5, 5.41) is 0. The van der Waals surface area contributed by atoms with Gasteiger partial charge in [-0.05, 0) is 71.5 Å². The zero-order valence-electron chi connectivity index (χ0n) is 9.90. The Kier molecular flexibility index (Phi) is 5.05. The molecule has 0 spiro atoms. The highest BCUT2D eigenvalue weighted by molar-refractivity contribution is 14.1. The number of unbranched alkanes of at least 4 members (excludes halogenated alkanes) is 1. The van der Waals surface area contributed by atoms with Crippen molar-refractivity contribution in [2.45, 2.75) is 25.7 Å². The van der Waals surface area contributed by atoms with Crippen LogP contribution < -0.4 is 0 Å². The fraction of sp³-hybridized carbons (Fsp3) is 0.250. The molecule has 0 aliphatic rings. The summed E-state index contributed by atoms with van der Waals surface area (Å²) in [6.07, 6.45) is 4.94. The Morgan fingerprint density at radius 2 is 1.35 bits per heavy atom. The van der Waals surface area contributed by atoms with E-state index in [2.05, 4.69) is 77.2 Å². The molecule has 0 bridgehead atoms. The number of halogens is 1. The third-order valence-electron chi connectivity index (χ3n) is 2.91. The molecular formula is C16H17I.